The summed E-state index contributed by atoms with van der Waals surface area (Å²) >= 11 is 2.05. The van der Waals surface area contributed by atoms with Gasteiger partial charge in [-0.25, -0.2) is 0 Å². The van der Waals surface area contributed by atoms with Crippen LogP contribution < -0.4 is 0 Å². The first-order valence-corrected chi connectivity index (χ1v) is 15.5. The first kappa shape index (κ1) is 27.7. The summed E-state index contributed by atoms with van der Waals surface area (Å²) in [4.78, 5) is 2.66. The van der Waals surface area contributed by atoms with Crippen LogP contribution >= 0.6 is 11.8 Å². The standard InChI is InChI=1S/C32H43NO4S/c1-34-18-7-10-28-29(36-24-27-14-12-26(13-15-27)22-25-8-3-2-4-9-25)23-30(37-31-11-5-6-19-35-31)32(28)33-16-20-38-21-17-33/h2-4,7-9,12-15,18,28-32H,5-6,10-11,16-17,19-24H2,1H3/t28-,29-,30+,31?,32+/m0/s1. The molecule has 2 aromatic rings. The number of rotatable bonds is 11. The zero-order valence-corrected chi connectivity index (χ0v) is 23.5. The van der Waals surface area contributed by atoms with Gasteiger partial charge in [0.2, 0.25) is 0 Å². The maximum Gasteiger partial charge on any atom is 0.158 e. The molecule has 5 atom stereocenters. The van der Waals surface area contributed by atoms with Crippen molar-refractivity contribution in [3.63, 3.8) is 0 Å². The van der Waals surface area contributed by atoms with Crippen molar-refractivity contribution in [2.24, 2.45) is 5.92 Å². The van der Waals surface area contributed by atoms with Gasteiger partial charge in [-0.3, -0.25) is 4.90 Å². The Morgan fingerprint density at radius 3 is 2.45 bits per heavy atom. The Hall–Kier alpha value is -1.83. The van der Waals surface area contributed by atoms with Gasteiger partial charge >= 0.3 is 0 Å². The van der Waals surface area contributed by atoms with Crippen molar-refractivity contribution in [1.82, 2.24) is 4.90 Å². The molecule has 0 aromatic heterocycles. The second-order valence-electron chi connectivity index (χ2n) is 10.7. The van der Waals surface area contributed by atoms with E-state index in [4.69, 9.17) is 18.9 Å². The van der Waals surface area contributed by atoms with Gasteiger partial charge in [0.05, 0.1) is 32.2 Å². The highest BCUT2D eigenvalue weighted by atomic mass is 32.2. The Kier molecular flexibility index (Phi) is 10.6. The molecule has 0 amide bonds. The Morgan fingerprint density at radius 1 is 0.947 bits per heavy atom. The molecule has 2 heterocycles. The van der Waals surface area contributed by atoms with E-state index in [1.54, 1.807) is 7.11 Å². The second kappa shape index (κ2) is 14.5. The summed E-state index contributed by atoms with van der Waals surface area (Å²) in [7, 11) is 1.71. The maximum absolute atomic E-state index is 6.70. The molecule has 2 aromatic carbocycles. The fourth-order valence-electron chi connectivity index (χ4n) is 6.15. The number of ether oxygens (including phenoxy) is 4. The van der Waals surface area contributed by atoms with Gasteiger partial charge in [0, 0.05) is 49.6 Å². The first-order chi connectivity index (χ1) is 18.8. The summed E-state index contributed by atoms with van der Waals surface area (Å²) in [6.07, 6.45) is 10.2. The molecule has 0 N–H and O–H groups in total. The van der Waals surface area contributed by atoms with E-state index in [1.165, 1.54) is 34.6 Å². The average Bonchev–Trinajstić information content (AvgIpc) is 3.31. The summed E-state index contributed by atoms with van der Waals surface area (Å²) in [6, 6.07) is 19.9. The Morgan fingerprint density at radius 2 is 1.71 bits per heavy atom. The molecule has 3 aliphatic rings. The molecule has 1 unspecified atom stereocenters. The molecule has 2 aliphatic heterocycles. The molecule has 206 valence electrons. The van der Waals surface area contributed by atoms with Crippen molar-refractivity contribution in [1.29, 1.82) is 0 Å². The summed E-state index contributed by atoms with van der Waals surface area (Å²) in [5.41, 5.74) is 3.89. The lowest BCUT2D eigenvalue weighted by Gasteiger charge is -2.39. The third-order valence-electron chi connectivity index (χ3n) is 8.07. The van der Waals surface area contributed by atoms with E-state index in [9.17, 15) is 0 Å². The van der Waals surface area contributed by atoms with Crippen LogP contribution in [0.15, 0.2) is 66.9 Å². The lowest BCUT2D eigenvalue weighted by molar-refractivity contribution is -0.198. The minimum atomic E-state index is -0.0820. The van der Waals surface area contributed by atoms with E-state index in [1.807, 2.05) is 6.26 Å². The van der Waals surface area contributed by atoms with E-state index in [0.29, 0.717) is 18.6 Å². The Balaban J connectivity index is 1.27. The third-order valence-corrected chi connectivity index (χ3v) is 9.01. The molecule has 1 saturated carbocycles. The molecule has 3 fully saturated rings. The highest BCUT2D eigenvalue weighted by molar-refractivity contribution is 7.99. The number of benzene rings is 2. The van der Waals surface area contributed by atoms with Crippen molar-refractivity contribution in [3.05, 3.63) is 83.6 Å². The lowest BCUT2D eigenvalue weighted by atomic mass is 9.95. The van der Waals surface area contributed by atoms with Gasteiger partial charge in [-0.15, -0.1) is 0 Å². The molecule has 6 heteroatoms. The molecule has 0 bridgehead atoms. The van der Waals surface area contributed by atoms with Crippen LogP contribution in [0.3, 0.4) is 0 Å². The average molecular weight is 538 g/mol. The summed E-state index contributed by atoms with van der Waals surface area (Å²) in [5, 5.41) is 0. The Bertz CT molecular complexity index is 973. The fraction of sp³-hybridized carbons (Fsp3) is 0.562. The number of allylic oxidation sites excluding steroid dienone is 1. The van der Waals surface area contributed by atoms with Crippen LogP contribution in [0.4, 0.5) is 0 Å². The van der Waals surface area contributed by atoms with Gasteiger partial charge in [-0.2, -0.15) is 11.8 Å². The van der Waals surface area contributed by atoms with E-state index >= 15 is 0 Å². The predicted octanol–water partition coefficient (Wildman–Crippen LogP) is 6.06. The van der Waals surface area contributed by atoms with Gasteiger partial charge in [-0.05, 0) is 54.9 Å². The molecular formula is C32H43NO4S. The van der Waals surface area contributed by atoms with Crippen LogP contribution in [0.1, 0.15) is 48.8 Å². The number of hydrogen-bond donors (Lipinski definition) is 0. The summed E-state index contributed by atoms with van der Waals surface area (Å²) in [6.45, 7) is 3.65. The van der Waals surface area contributed by atoms with E-state index < -0.39 is 0 Å². The minimum Gasteiger partial charge on any atom is -0.505 e. The zero-order valence-electron chi connectivity index (χ0n) is 22.7. The summed E-state index contributed by atoms with van der Waals surface area (Å²) in [5.74, 6) is 2.73. The number of hydrogen-bond acceptors (Lipinski definition) is 6. The first-order valence-electron chi connectivity index (χ1n) is 14.3. The smallest absolute Gasteiger partial charge is 0.158 e. The van der Waals surface area contributed by atoms with Crippen molar-refractivity contribution < 1.29 is 18.9 Å². The van der Waals surface area contributed by atoms with Gasteiger partial charge < -0.3 is 18.9 Å². The third kappa shape index (κ3) is 7.64. The van der Waals surface area contributed by atoms with Crippen molar-refractivity contribution >= 4 is 11.8 Å². The van der Waals surface area contributed by atoms with Gasteiger partial charge in [-0.1, -0.05) is 54.6 Å². The SMILES string of the molecule is COC=CC[C@@H]1[C@@H](N2CCSCC2)[C@H](OC2CCCCO2)C[C@@H]1OCc1ccc(Cc2ccccc2)cc1. The Labute approximate surface area is 232 Å². The van der Waals surface area contributed by atoms with Crippen LogP contribution in [-0.4, -0.2) is 67.8 Å². The number of thioether (sulfide) groups is 1. The van der Waals surface area contributed by atoms with Gasteiger partial charge in [0.25, 0.3) is 0 Å². The summed E-state index contributed by atoms with van der Waals surface area (Å²) < 4.78 is 24.7. The number of methoxy groups -OCH3 is 1. The fourth-order valence-corrected chi connectivity index (χ4v) is 7.08. The molecular weight excluding hydrogens is 494 g/mol. The highest BCUT2D eigenvalue weighted by Gasteiger charge is 2.48. The minimum absolute atomic E-state index is 0.0820. The molecule has 0 radical (unpaired) electrons. The van der Waals surface area contributed by atoms with E-state index in [0.717, 1.165) is 51.8 Å². The van der Waals surface area contributed by atoms with Crippen LogP contribution in [0.5, 0.6) is 0 Å². The van der Waals surface area contributed by atoms with Gasteiger partial charge in [0.15, 0.2) is 6.29 Å². The van der Waals surface area contributed by atoms with E-state index in [-0.39, 0.29) is 18.5 Å². The predicted molar refractivity (Wildman–Crippen MR) is 154 cm³/mol. The molecule has 1 aliphatic carbocycles. The van der Waals surface area contributed by atoms with Crippen molar-refractivity contribution in [2.75, 3.05) is 38.3 Å². The van der Waals surface area contributed by atoms with Crippen molar-refractivity contribution in [3.8, 4) is 0 Å². The topological polar surface area (TPSA) is 40.2 Å². The lowest BCUT2D eigenvalue weighted by Crippen LogP contribution is -2.50. The zero-order chi connectivity index (χ0) is 26.0. The largest absolute Gasteiger partial charge is 0.505 e. The molecule has 38 heavy (non-hydrogen) atoms. The number of nitrogens with zero attached hydrogens (tertiary/aromatic N) is 1. The van der Waals surface area contributed by atoms with Crippen LogP contribution in [0.2, 0.25) is 0 Å². The molecule has 5 rings (SSSR count). The molecule has 5 nitrogen and oxygen atoms in total. The van der Waals surface area contributed by atoms with Crippen LogP contribution in [0, 0.1) is 5.92 Å². The second-order valence-corrected chi connectivity index (χ2v) is 11.9. The normalized spacial score (nSPS) is 28.6. The quantitative estimate of drug-likeness (QED) is 0.325. The van der Waals surface area contributed by atoms with Crippen LogP contribution in [0.25, 0.3) is 0 Å². The van der Waals surface area contributed by atoms with Crippen molar-refractivity contribution in [2.45, 2.75) is 69.7 Å². The van der Waals surface area contributed by atoms with Crippen LogP contribution in [-0.2, 0) is 32.0 Å². The monoisotopic (exact) mass is 537 g/mol. The molecule has 2 saturated heterocycles. The maximum atomic E-state index is 6.70. The van der Waals surface area contributed by atoms with Gasteiger partial charge in [0.1, 0.15) is 0 Å². The molecule has 0 spiro atoms. The highest BCUT2D eigenvalue weighted by Crippen LogP contribution is 2.39. The van der Waals surface area contributed by atoms with E-state index in [2.05, 4.69) is 77.3 Å².